The molecule has 0 saturated heterocycles. The van der Waals surface area contributed by atoms with Crippen LogP contribution in [0.4, 0.5) is 5.69 Å². The summed E-state index contributed by atoms with van der Waals surface area (Å²) in [6.07, 6.45) is 2.43. The first-order valence-electron chi connectivity index (χ1n) is 9.62. The summed E-state index contributed by atoms with van der Waals surface area (Å²) >= 11 is 7.99. The normalized spacial score (nSPS) is 11.7. The van der Waals surface area contributed by atoms with Crippen molar-refractivity contribution >= 4 is 35.0 Å². The number of rotatable bonds is 13. The topological polar surface area (TPSA) is 111 Å². The number of thioether (sulfide) groups is 1. The van der Waals surface area contributed by atoms with Crippen LogP contribution in [0.5, 0.6) is 11.5 Å². The lowest BCUT2D eigenvalue weighted by Gasteiger charge is -2.17. The van der Waals surface area contributed by atoms with Gasteiger partial charge in [0.05, 0.1) is 11.5 Å². The Morgan fingerprint density at radius 2 is 1.94 bits per heavy atom. The molecule has 0 aromatic heterocycles. The molecule has 0 aliphatic heterocycles. The summed E-state index contributed by atoms with van der Waals surface area (Å²) in [5, 5.41) is 23.6. The fraction of sp³-hybridized carbons (Fsp3) is 0.381. The predicted molar refractivity (Wildman–Crippen MR) is 121 cm³/mol. The van der Waals surface area contributed by atoms with Gasteiger partial charge in [0, 0.05) is 29.8 Å². The predicted octanol–water partition coefficient (Wildman–Crippen LogP) is 4.52. The van der Waals surface area contributed by atoms with Crippen LogP contribution in [0.1, 0.15) is 24.5 Å². The van der Waals surface area contributed by atoms with Crippen LogP contribution in [0, 0.1) is 10.1 Å². The number of hydrogen-bond acceptors (Lipinski definition) is 7. The molecule has 0 spiro atoms. The van der Waals surface area contributed by atoms with E-state index in [1.54, 1.807) is 36.0 Å². The number of nitro benzene ring substituents is 1. The van der Waals surface area contributed by atoms with Gasteiger partial charge in [0.25, 0.3) is 5.69 Å². The maximum atomic E-state index is 11.4. The third-order valence-corrected chi connectivity index (χ3v) is 5.40. The molecule has 1 unspecified atom stereocenters. The van der Waals surface area contributed by atoms with Gasteiger partial charge in [-0.2, -0.15) is 11.8 Å². The Kier molecular flexibility index (Phi) is 9.90. The molecule has 2 N–H and O–H groups in total. The number of nitrogens with one attached hydrogen (secondary N) is 1. The highest BCUT2D eigenvalue weighted by Gasteiger charge is 2.18. The van der Waals surface area contributed by atoms with Gasteiger partial charge in [0.1, 0.15) is 12.6 Å². The van der Waals surface area contributed by atoms with Gasteiger partial charge in [-0.15, -0.1) is 0 Å². The van der Waals surface area contributed by atoms with Crippen molar-refractivity contribution in [2.24, 2.45) is 0 Å². The summed E-state index contributed by atoms with van der Waals surface area (Å²) < 4.78 is 11.5. The lowest BCUT2D eigenvalue weighted by molar-refractivity contribution is -0.384. The molecule has 0 fully saturated rings. The molecular weight excluding hydrogens is 444 g/mol. The van der Waals surface area contributed by atoms with Gasteiger partial charge in [-0.05, 0) is 54.7 Å². The molecule has 0 heterocycles. The second-order valence-corrected chi connectivity index (χ2v) is 7.98. The van der Waals surface area contributed by atoms with Crippen molar-refractivity contribution in [1.29, 1.82) is 0 Å². The van der Waals surface area contributed by atoms with Gasteiger partial charge >= 0.3 is 5.97 Å². The largest absolute Gasteiger partial charge is 0.490 e. The fourth-order valence-corrected chi connectivity index (χ4v) is 3.44. The number of aliphatic carboxylic acids is 1. The van der Waals surface area contributed by atoms with Crippen LogP contribution in [-0.2, 0) is 17.9 Å². The highest BCUT2D eigenvalue weighted by Crippen LogP contribution is 2.34. The SMILES string of the molecule is CCOc1cc(CNC(CCSC)C(=O)O)c(Cl)cc1OCc1ccc([N+](=O)[O-])cc1. The minimum Gasteiger partial charge on any atom is -0.490 e. The molecule has 2 aromatic carbocycles. The van der Waals surface area contributed by atoms with Gasteiger partial charge < -0.3 is 19.9 Å². The monoisotopic (exact) mass is 468 g/mol. The van der Waals surface area contributed by atoms with Crippen LogP contribution in [0.15, 0.2) is 36.4 Å². The Hall–Kier alpha value is -2.49. The number of carbonyl (C=O) groups is 1. The van der Waals surface area contributed by atoms with Crippen LogP contribution in [0.25, 0.3) is 0 Å². The molecule has 168 valence electrons. The molecule has 31 heavy (non-hydrogen) atoms. The highest BCUT2D eigenvalue weighted by molar-refractivity contribution is 7.98. The summed E-state index contributed by atoms with van der Waals surface area (Å²) in [5.74, 6) is 0.753. The van der Waals surface area contributed by atoms with Gasteiger partial charge in [-0.25, -0.2) is 0 Å². The van der Waals surface area contributed by atoms with Crippen molar-refractivity contribution in [3.05, 3.63) is 62.7 Å². The Bertz CT molecular complexity index is 894. The summed E-state index contributed by atoms with van der Waals surface area (Å²) in [5.41, 5.74) is 1.46. The number of carboxylic acid groups (broad SMARTS) is 1. The summed E-state index contributed by atoms with van der Waals surface area (Å²) in [7, 11) is 0. The number of nitrogens with zero attached hydrogens (tertiary/aromatic N) is 1. The maximum Gasteiger partial charge on any atom is 0.320 e. The fourth-order valence-electron chi connectivity index (χ4n) is 2.75. The molecular formula is C21H25ClN2O6S. The van der Waals surface area contributed by atoms with Crippen LogP contribution < -0.4 is 14.8 Å². The zero-order valence-corrected chi connectivity index (χ0v) is 18.9. The summed E-state index contributed by atoms with van der Waals surface area (Å²) in [6.45, 7) is 2.71. The number of benzene rings is 2. The molecule has 2 aromatic rings. The highest BCUT2D eigenvalue weighted by atomic mass is 35.5. The molecule has 0 amide bonds. The van der Waals surface area contributed by atoms with E-state index in [4.69, 9.17) is 21.1 Å². The molecule has 1 atom stereocenters. The molecule has 0 aliphatic rings. The molecule has 0 saturated carbocycles. The van der Waals surface area contributed by atoms with E-state index < -0.39 is 16.9 Å². The first-order valence-corrected chi connectivity index (χ1v) is 11.4. The van der Waals surface area contributed by atoms with Crippen LogP contribution in [0.2, 0.25) is 5.02 Å². The number of hydrogen-bond donors (Lipinski definition) is 2. The van der Waals surface area contributed by atoms with Gasteiger partial charge in [0.2, 0.25) is 0 Å². The van der Waals surface area contributed by atoms with Crippen LogP contribution in [0.3, 0.4) is 0 Å². The quantitative estimate of drug-likeness (QED) is 0.326. The first kappa shape index (κ1) is 24.8. The minimum atomic E-state index is -0.904. The lowest BCUT2D eigenvalue weighted by atomic mass is 10.1. The van der Waals surface area contributed by atoms with Gasteiger partial charge in [-0.3, -0.25) is 14.9 Å². The average Bonchev–Trinajstić information content (AvgIpc) is 2.74. The Morgan fingerprint density at radius 1 is 1.26 bits per heavy atom. The average molecular weight is 469 g/mol. The Balaban J connectivity index is 2.11. The standard InChI is InChI=1S/C21H25ClN2O6S/c1-3-29-19-10-15(12-23-18(21(25)26)8-9-31-2)17(22)11-20(19)30-13-14-4-6-16(7-5-14)24(27)28/h4-7,10-11,18,23H,3,8-9,12-13H2,1-2H3,(H,25,26). The molecule has 0 aliphatic carbocycles. The molecule has 2 rings (SSSR count). The Labute approximate surface area is 190 Å². The van der Waals surface area contributed by atoms with E-state index in [9.17, 15) is 20.0 Å². The van der Waals surface area contributed by atoms with Gasteiger partial charge in [-0.1, -0.05) is 11.6 Å². The number of non-ortho nitro benzene ring substituents is 1. The molecule has 8 nitrogen and oxygen atoms in total. The zero-order valence-electron chi connectivity index (χ0n) is 17.3. The van der Waals surface area contributed by atoms with Crippen molar-refractivity contribution in [1.82, 2.24) is 5.32 Å². The van der Waals surface area contributed by atoms with Crippen LogP contribution >= 0.6 is 23.4 Å². The second kappa shape index (κ2) is 12.4. The summed E-state index contributed by atoms with van der Waals surface area (Å²) in [4.78, 5) is 21.7. The van der Waals surface area contributed by atoms with Crippen molar-refractivity contribution in [2.45, 2.75) is 32.5 Å². The van der Waals surface area contributed by atoms with E-state index in [0.29, 0.717) is 35.1 Å². The molecule has 10 heteroatoms. The lowest BCUT2D eigenvalue weighted by Crippen LogP contribution is -2.36. The van der Waals surface area contributed by atoms with E-state index in [1.165, 1.54) is 12.1 Å². The van der Waals surface area contributed by atoms with E-state index in [0.717, 1.165) is 11.3 Å². The third kappa shape index (κ3) is 7.61. The third-order valence-electron chi connectivity index (χ3n) is 4.40. The van der Waals surface area contributed by atoms with Crippen molar-refractivity contribution in [2.75, 3.05) is 18.6 Å². The summed E-state index contributed by atoms with van der Waals surface area (Å²) in [6, 6.07) is 8.78. The number of halogens is 1. The van der Waals surface area contributed by atoms with E-state index >= 15 is 0 Å². The van der Waals surface area contributed by atoms with E-state index in [2.05, 4.69) is 5.32 Å². The number of nitro groups is 1. The number of ether oxygens (including phenoxy) is 2. The number of carboxylic acids is 1. The minimum absolute atomic E-state index is 0.0100. The van der Waals surface area contributed by atoms with Crippen molar-refractivity contribution in [3.8, 4) is 11.5 Å². The smallest absolute Gasteiger partial charge is 0.320 e. The first-order chi connectivity index (χ1) is 14.8. The Morgan fingerprint density at radius 3 is 2.52 bits per heavy atom. The van der Waals surface area contributed by atoms with Crippen LogP contribution in [-0.4, -0.2) is 40.7 Å². The van der Waals surface area contributed by atoms with Crippen molar-refractivity contribution in [3.63, 3.8) is 0 Å². The molecule has 0 radical (unpaired) electrons. The second-order valence-electron chi connectivity index (χ2n) is 6.59. The van der Waals surface area contributed by atoms with E-state index in [-0.39, 0.29) is 18.8 Å². The zero-order chi connectivity index (χ0) is 22.8. The van der Waals surface area contributed by atoms with Crippen molar-refractivity contribution < 1.29 is 24.3 Å². The molecule has 0 bridgehead atoms. The van der Waals surface area contributed by atoms with Gasteiger partial charge in [0.15, 0.2) is 11.5 Å². The van der Waals surface area contributed by atoms with E-state index in [1.807, 2.05) is 13.2 Å². The maximum absolute atomic E-state index is 11.4.